The van der Waals surface area contributed by atoms with E-state index >= 15 is 0 Å². The van der Waals surface area contributed by atoms with Gasteiger partial charge in [0, 0.05) is 81.5 Å². The van der Waals surface area contributed by atoms with Gasteiger partial charge in [-0.3, -0.25) is 24.0 Å². The maximum Gasteiger partial charge on any atom is 0.309 e. The molecule has 0 aliphatic carbocycles. The monoisotopic (exact) mass is 978 g/mol. The van der Waals surface area contributed by atoms with Gasteiger partial charge in [0.15, 0.2) is 30.6 Å². The van der Waals surface area contributed by atoms with Crippen LogP contribution in [0.2, 0.25) is 0 Å². The van der Waals surface area contributed by atoms with Crippen molar-refractivity contribution < 1.29 is 85.9 Å². The lowest BCUT2D eigenvalue weighted by atomic mass is 9.82. The van der Waals surface area contributed by atoms with Gasteiger partial charge in [-0.2, -0.15) is 0 Å². The summed E-state index contributed by atoms with van der Waals surface area (Å²) in [5.74, 6) is -3.76. The molecule has 0 saturated carbocycles. The Balaban J connectivity index is 2.17. The van der Waals surface area contributed by atoms with Gasteiger partial charge in [-0.1, -0.05) is 20.8 Å². The maximum atomic E-state index is 13.8. The second-order valence-electron chi connectivity index (χ2n) is 18.9. The summed E-state index contributed by atoms with van der Waals surface area (Å²) < 4.78 is 73.6. The summed E-state index contributed by atoms with van der Waals surface area (Å²) in [6, 6.07) is -0.820. The molecule has 0 spiro atoms. The molecule has 1 N–H and O–H groups in total. The molecule has 0 aromatic heterocycles. The summed E-state index contributed by atoms with van der Waals surface area (Å²) in [5.41, 5.74) is -1.33. The van der Waals surface area contributed by atoms with Crippen LogP contribution in [0.15, 0.2) is 0 Å². The van der Waals surface area contributed by atoms with Crippen molar-refractivity contribution in [1.82, 2.24) is 14.9 Å². The van der Waals surface area contributed by atoms with Crippen molar-refractivity contribution in [2.45, 2.75) is 199 Å². The molecule has 3 fully saturated rings. The number of aliphatic hydroxyl groups is 1. The number of hydrogen-bond acceptors (Lipinski definition) is 21. The van der Waals surface area contributed by atoms with E-state index in [2.05, 4.69) is 0 Å². The Morgan fingerprint density at radius 1 is 0.838 bits per heavy atom. The van der Waals surface area contributed by atoms with Crippen molar-refractivity contribution in [2.24, 2.45) is 11.8 Å². The molecule has 3 rings (SSSR count). The quantitative estimate of drug-likeness (QED) is 0.133. The van der Waals surface area contributed by atoms with Crippen LogP contribution in [0.5, 0.6) is 0 Å². The standard InChI is InChI=1S/C47H83N3O18/c1-17-35(53)64-33-23-37(55)60-27(4)19-20-49(12)50(13)25-34(63-30(7)51)26(3)21-32(22-38(57-14)58-15)43(44(33)59-16)67-46-41(56)40(48(10)11)42(28(5)62-46)66-39-24-47(9,68-31(8)52)45(29(6)61-39)65-36(54)18-2/h26-29,32-34,38-46,56H,17-25H2,1-16H3/t26-,27-,28?,29?,32-,33-,34+,39?,40?,41?,42?,43+,44?,45?,46?,47?/m1/s1. The number of rotatable bonds is 16. The van der Waals surface area contributed by atoms with Crippen molar-refractivity contribution >= 4 is 29.8 Å². The van der Waals surface area contributed by atoms with Gasteiger partial charge in [0.25, 0.3) is 0 Å². The number of nitrogens with zero attached hydrogens (tertiary/aromatic N) is 3. The lowest BCUT2D eigenvalue weighted by Gasteiger charge is -2.51. The van der Waals surface area contributed by atoms with Crippen LogP contribution in [0.1, 0.15) is 107 Å². The van der Waals surface area contributed by atoms with Crippen LogP contribution in [-0.4, -0.2) is 204 Å². The van der Waals surface area contributed by atoms with E-state index in [9.17, 15) is 29.1 Å². The summed E-state index contributed by atoms with van der Waals surface area (Å²) >= 11 is 0. The summed E-state index contributed by atoms with van der Waals surface area (Å²) in [6.07, 6.45) is -12.1. The first-order valence-corrected chi connectivity index (χ1v) is 23.8. The molecule has 0 aromatic carbocycles. The van der Waals surface area contributed by atoms with Crippen molar-refractivity contribution in [3.8, 4) is 0 Å². The third kappa shape index (κ3) is 16.8. The second-order valence-corrected chi connectivity index (χ2v) is 18.9. The maximum absolute atomic E-state index is 13.8. The highest BCUT2D eigenvalue weighted by molar-refractivity contribution is 5.73. The van der Waals surface area contributed by atoms with Gasteiger partial charge in [-0.05, 0) is 66.5 Å². The molecule has 0 aromatic rings. The fourth-order valence-electron chi connectivity index (χ4n) is 9.43. The molecule has 0 bridgehead atoms. The SMILES string of the molecule is CCC(=O)OC1C(C)OC(OC2C(C)OC(O[C@@H]3C(OC)[C@H](OC(=O)CC)CC(=O)O[C@H](C)CCN(C)N(C)C[C@H](OC(C)=O)[C@H](C)C[C@@H]3CC(OC)OC)C(O)C2N(C)C)CC1(C)OC(C)=O. The van der Waals surface area contributed by atoms with E-state index in [1.807, 2.05) is 31.0 Å². The summed E-state index contributed by atoms with van der Waals surface area (Å²) in [6.45, 7) is 15.6. The van der Waals surface area contributed by atoms with E-state index in [4.69, 9.17) is 56.8 Å². The molecule has 21 nitrogen and oxygen atoms in total. The molecule has 68 heavy (non-hydrogen) atoms. The molecule has 3 saturated heterocycles. The Morgan fingerprint density at radius 3 is 2.03 bits per heavy atom. The van der Waals surface area contributed by atoms with Crippen LogP contribution < -0.4 is 0 Å². The van der Waals surface area contributed by atoms with E-state index in [0.29, 0.717) is 19.5 Å². The predicted octanol–water partition coefficient (Wildman–Crippen LogP) is 3.00. The van der Waals surface area contributed by atoms with Crippen LogP contribution in [-0.2, 0) is 80.8 Å². The van der Waals surface area contributed by atoms with Crippen LogP contribution in [0.3, 0.4) is 0 Å². The molecule has 21 heteroatoms. The zero-order valence-electron chi connectivity index (χ0n) is 43.3. The number of methoxy groups -OCH3 is 3. The number of cyclic esters (lactones) is 1. The predicted molar refractivity (Wildman–Crippen MR) is 243 cm³/mol. The van der Waals surface area contributed by atoms with Crippen LogP contribution >= 0.6 is 0 Å². The van der Waals surface area contributed by atoms with E-state index in [1.54, 1.807) is 60.5 Å². The Labute approximate surface area is 403 Å². The first kappa shape index (κ1) is 59.2. The Hall–Kier alpha value is -3.09. The highest BCUT2D eigenvalue weighted by atomic mass is 16.7. The third-order valence-corrected chi connectivity index (χ3v) is 13.1. The molecule has 3 aliphatic heterocycles. The molecule has 394 valence electrons. The Kier molecular flexibility index (Phi) is 23.9. The number of likely N-dealkylation sites (N-methyl/N-ethyl adjacent to an activating group) is 2. The van der Waals surface area contributed by atoms with Gasteiger partial charge < -0.3 is 66.8 Å². The number of esters is 5. The number of hydrazine groups is 1. The summed E-state index contributed by atoms with van der Waals surface area (Å²) in [5, 5.41) is 16.4. The lowest BCUT2D eigenvalue weighted by Crippen LogP contribution is -2.66. The average Bonchev–Trinajstić information content (AvgIpc) is 3.25. The molecule has 10 unspecified atom stereocenters. The van der Waals surface area contributed by atoms with Crippen molar-refractivity contribution in [2.75, 3.05) is 62.6 Å². The molecule has 16 atom stereocenters. The minimum Gasteiger partial charge on any atom is -0.463 e. The molecular weight excluding hydrogens is 895 g/mol. The van der Waals surface area contributed by atoms with Gasteiger partial charge in [0.1, 0.15) is 36.6 Å². The smallest absolute Gasteiger partial charge is 0.309 e. The van der Waals surface area contributed by atoms with E-state index in [1.165, 1.54) is 35.2 Å². The topological polar surface area (TPSA) is 226 Å². The van der Waals surface area contributed by atoms with Gasteiger partial charge in [-0.25, -0.2) is 10.0 Å². The van der Waals surface area contributed by atoms with Crippen LogP contribution in [0.4, 0.5) is 0 Å². The first-order valence-electron chi connectivity index (χ1n) is 23.8. The van der Waals surface area contributed by atoms with Crippen molar-refractivity contribution in [1.29, 1.82) is 0 Å². The second kappa shape index (κ2) is 27.5. The van der Waals surface area contributed by atoms with E-state index in [-0.39, 0.29) is 38.0 Å². The molecular formula is C47H83N3O18. The van der Waals surface area contributed by atoms with E-state index < -0.39 is 134 Å². The molecule has 3 aliphatic rings. The Morgan fingerprint density at radius 2 is 1.47 bits per heavy atom. The fourth-order valence-corrected chi connectivity index (χ4v) is 9.43. The minimum atomic E-state index is -1.43. The van der Waals surface area contributed by atoms with Crippen molar-refractivity contribution in [3.05, 3.63) is 0 Å². The highest BCUT2D eigenvalue weighted by Gasteiger charge is 2.55. The Bertz CT molecular complexity index is 1600. The number of ether oxygens (including phenoxy) is 12. The lowest BCUT2D eigenvalue weighted by molar-refractivity contribution is -0.345. The van der Waals surface area contributed by atoms with Gasteiger partial charge >= 0.3 is 29.8 Å². The van der Waals surface area contributed by atoms with Gasteiger partial charge in [0.2, 0.25) is 0 Å². The van der Waals surface area contributed by atoms with Crippen LogP contribution in [0, 0.1) is 11.8 Å². The van der Waals surface area contributed by atoms with Crippen molar-refractivity contribution in [3.63, 3.8) is 0 Å². The molecule has 0 radical (unpaired) electrons. The van der Waals surface area contributed by atoms with Crippen LogP contribution in [0.25, 0.3) is 0 Å². The summed E-state index contributed by atoms with van der Waals surface area (Å²) in [7, 11) is 11.7. The minimum absolute atomic E-state index is 0.00829. The highest BCUT2D eigenvalue weighted by Crippen LogP contribution is 2.40. The van der Waals surface area contributed by atoms with Gasteiger partial charge in [-0.15, -0.1) is 0 Å². The largest absolute Gasteiger partial charge is 0.463 e. The zero-order valence-corrected chi connectivity index (χ0v) is 43.3. The molecule has 3 heterocycles. The number of carbonyl (C=O) groups is 5. The van der Waals surface area contributed by atoms with Gasteiger partial charge in [0.05, 0.1) is 37.3 Å². The summed E-state index contributed by atoms with van der Waals surface area (Å²) in [4.78, 5) is 66.2. The number of aliphatic hydroxyl groups excluding tert-OH is 1. The average molecular weight is 978 g/mol. The van der Waals surface area contributed by atoms with E-state index in [0.717, 1.165) is 0 Å². The number of hydrogen-bond donors (Lipinski definition) is 1. The zero-order chi connectivity index (χ0) is 51.2. The molecule has 0 amide bonds. The first-order chi connectivity index (χ1) is 31.9. The normalized spacial score (nSPS) is 36.5. The number of carbonyl (C=O) groups excluding carboxylic acids is 5. The third-order valence-electron chi connectivity index (χ3n) is 13.1. The fraction of sp³-hybridized carbons (Fsp3) is 0.894.